The first kappa shape index (κ1) is 11.8. The van der Waals surface area contributed by atoms with Gasteiger partial charge in [0.2, 0.25) is 0 Å². The summed E-state index contributed by atoms with van der Waals surface area (Å²) in [6.07, 6.45) is 2.33. The van der Waals surface area contributed by atoms with Gasteiger partial charge in [-0.25, -0.2) is 4.90 Å². The maximum Gasteiger partial charge on any atom is 0.258 e. The van der Waals surface area contributed by atoms with Crippen molar-refractivity contribution in [3.8, 4) is 0 Å². The van der Waals surface area contributed by atoms with E-state index in [4.69, 9.17) is 23.2 Å². The summed E-state index contributed by atoms with van der Waals surface area (Å²) in [5, 5.41) is -0.603. The second-order valence-corrected chi connectivity index (χ2v) is 4.03. The van der Waals surface area contributed by atoms with Crippen molar-refractivity contribution >= 4 is 45.9 Å². The lowest BCUT2D eigenvalue weighted by molar-refractivity contribution is -0.119. The summed E-state index contributed by atoms with van der Waals surface area (Å²) in [7, 11) is 0. The first-order valence-corrected chi connectivity index (χ1v) is 5.32. The van der Waals surface area contributed by atoms with E-state index in [1.165, 1.54) is 18.2 Å². The Morgan fingerprint density at radius 2 is 1.71 bits per heavy atom. The Morgan fingerprint density at radius 1 is 1.12 bits per heavy atom. The van der Waals surface area contributed by atoms with Gasteiger partial charge in [-0.1, -0.05) is 11.6 Å². The van der Waals surface area contributed by atoms with Gasteiger partial charge in [-0.15, -0.1) is 0 Å². The van der Waals surface area contributed by atoms with Gasteiger partial charge in [0.25, 0.3) is 17.1 Å². The zero-order valence-electron chi connectivity index (χ0n) is 8.31. The van der Waals surface area contributed by atoms with Crippen molar-refractivity contribution in [3.05, 3.63) is 40.9 Å². The van der Waals surface area contributed by atoms with Gasteiger partial charge < -0.3 is 0 Å². The molecule has 0 aromatic heterocycles. The van der Waals surface area contributed by atoms with Gasteiger partial charge in [0, 0.05) is 12.2 Å². The number of rotatable bonds is 2. The van der Waals surface area contributed by atoms with Crippen molar-refractivity contribution in [1.82, 2.24) is 0 Å². The quantitative estimate of drug-likeness (QED) is 0.611. The number of hydrogen-bond donors (Lipinski definition) is 0. The predicted molar refractivity (Wildman–Crippen MR) is 63.3 cm³/mol. The Kier molecular flexibility index (Phi) is 3.00. The number of carbonyl (C=O) groups is 3. The zero-order valence-corrected chi connectivity index (χ0v) is 9.83. The molecule has 17 heavy (non-hydrogen) atoms. The summed E-state index contributed by atoms with van der Waals surface area (Å²) in [6.45, 7) is 0. The second-order valence-electron chi connectivity index (χ2n) is 3.28. The first-order chi connectivity index (χ1) is 8.00. The van der Waals surface area contributed by atoms with Crippen LogP contribution in [0.1, 0.15) is 10.4 Å². The van der Waals surface area contributed by atoms with E-state index in [9.17, 15) is 14.4 Å². The van der Waals surface area contributed by atoms with Crippen LogP contribution in [-0.4, -0.2) is 17.1 Å². The average Bonchev–Trinajstić information content (AvgIpc) is 2.58. The highest BCUT2D eigenvalue weighted by molar-refractivity contribution is 6.68. The number of hydrogen-bond acceptors (Lipinski definition) is 3. The second kappa shape index (κ2) is 4.31. The molecule has 0 bridgehead atoms. The Hall–Kier alpha value is -1.65. The molecule has 2 rings (SSSR count). The lowest BCUT2D eigenvalue weighted by Gasteiger charge is -2.14. The third kappa shape index (κ3) is 2.09. The first-order valence-electron chi connectivity index (χ1n) is 4.56. The largest absolute Gasteiger partial charge is 0.276 e. The molecular weight excluding hydrogens is 265 g/mol. The van der Waals surface area contributed by atoms with Crippen molar-refractivity contribution in [2.24, 2.45) is 0 Å². The molecule has 6 heteroatoms. The summed E-state index contributed by atoms with van der Waals surface area (Å²) < 4.78 is 0. The highest BCUT2D eigenvalue weighted by Crippen LogP contribution is 2.26. The number of imide groups is 1. The maximum absolute atomic E-state index is 11.4. The van der Waals surface area contributed by atoms with Gasteiger partial charge >= 0.3 is 0 Å². The Balaban J connectivity index is 2.42. The number of carbonyl (C=O) groups excluding carboxylic acids is 3. The maximum atomic E-state index is 11.4. The van der Waals surface area contributed by atoms with Crippen LogP contribution in [0.5, 0.6) is 0 Å². The monoisotopic (exact) mass is 269 g/mol. The lowest BCUT2D eigenvalue weighted by Crippen LogP contribution is -2.29. The topological polar surface area (TPSA) is 54.5 Å². The third-order valence-corrected chi connectivity index (χ3v) is 2.75. The van der Waals surface area contributed by atoms with E-state index in [2.05, 4.69) is 0 Å². The van der Waals surface area contributed by atoms with E-state index in [0.29, 0.717) is 5.69 Å². The van der Waals surface area contributed by atoms with Gasteiger partial charge in [0.05, 0.1) is 16.3 Å². The molecule has 0 atom stereocenters. The highest BCUT2D eigenvalue weighted by atomic mass is 35.5. The lowest BCUT2D eigenvalue weighted by atomic mass is 10.2. The Bertz CT molecular complexity index is 548. The predicted octanol–water partition coefficient (Wildman–Crippen LogP) is 2.15. The molecule has 4 nitrogen and oxygen atoms in total. The van der Waals surface area contributed by atoms with Crippen LogP contribution >= 0.6 is 23.2 Å². The van der Waals surface area contributed by atoms with E-state index in [0.717, 1.165) is 17.1 Å². The summed E-state index contributed by atoms with van der Waals surface area (Å²) in [6, 6.07) is 4.15. The number of anilines is 1. The van der Waals surface area contributed by atoms with E-state index in [-0.39, 0.29) is 10.6 Å². The summed E-state index contributed by atoms with van der Waals surface area (Å²) in [5.74, 6) is -0.896. The number of nitrogens with zero attached hydrogens (tertiary/aromatic N) is 1. The van der Waals surface area contributed by atoms with Crippen LogP contribution in [0.4, 0.5) is 5.69 Å². The van der Waals surface area contributed by atoms with Crippen LogP contribution in [0.2, 0.25) is 5.02 Å². The summed E-state index contributed by atoms with van der Waals surface area (Å²) in [4.78, 5) is 34.7. The van der Waals surface area contributed by atoms with Crippen molar-refractivity contribution in [2.45, 2.75) is 0 Å². The molecule has 0 saturated heterocycles. The van der Waals surface area contributed by atoms with Crippen LogP contribution in [0.3, 0.4) is 0 Å². The number of benzene rings is 1. The van der Waals surface area contributed by atoms with Crippen LogP contribution in [-0.2, 0) is 9.59 Å². The third-order valence-electron chi connectivity index (χ3n) is 2.23. The van der Waals surface area contributed by atoms with Gasteiger partial charge in [0.1, 0.15) is 0 Å². The van der Waals surface area contributed by atoms with Crippen LogP contribution < -0.4 is 4.90 Å². The van der Waals surface area contributed by atoms with Gasteiger partial charge in [-0.05, 0) is 29.8 Å². The molecule has 0 saturated carbocycles. The minimum Gasteiger partial charge on any atom is -0.276 e. The van der Waals surface area contributed by atoms with Crippen molar-refractivity contribution < 1.29 is 14.4 Å². The normalized spacial score (nSPS) is 14.6. The fourth-order valence-electron chi connectivity index (χ4n) is 1.46. The molecule has 0 spiro atoms. The van der Waals surface area contributed by atoms with Gasteiger partial charge in [0.15, 0.2) is 0 Å². The van der Waals surface area contributed by atoms with E-state index >= 15 is 0 Å². The SMILES string of the molecule is O=C(Cl)c1ccc(N2C(=O)C=CC2=O)cc1Cl. The zero-order chi connectivity index (χ0) is 12.6. The number of halogens is 2. The van der Waals surface area contributed by atoms with E-state index < -0.39 is 17.1 Å². The smallest absolute Gasteiger partial charge is 0.258 e. The van der Waals surface area contributed by atoms with E-state index in [1.54, 1.807) is 0 Å². The fourth-order valence-corrected chi connectivity index (χ4v) is 1.93. The molecule has 86 valence electrons. The minimum absolute atomic E-state index is 0.0926. The molecule has 0 radical (unpaired) electrons. The Morgan fingerprint density at radius 3 is 2.18 bits per heavy atom. The molecular formula is C11H5Cl2NO3. The van der Waals surface area contributed by atoms with Gasteiger partial charge in [-0.2, -0.15) is 0 Å². The molecule has 0 N–H and O–H groups in total. The van der Waals surface area contributed by atoms with Crippen LogP contribution in [0, 0.1) is 0 Å². The van der Waals surface area contributed by atoms with Crippen molar-refractivity contribution in [1.29, 1.82) is 0 Å². The van der Waals surface area contributed by atoms with Crippen LogP contribution in [0.25, 0.3) is 0 Å². The van der Waals surface area contributed by atoms with Crippen molar-refractivity contribution in [2.75, 3.05) is 4.90 Å². The molecule has 0 unspecified atom stereocenters. The number of amides is 2. The van der Waals surface area contributed by atoms with Crippen LogP contribution in [0.15, 0.2) is 30.4 Å². The fraction of sp³-hybridized carbons (Fsp3) is 0. The molecule has 0 fully saturated rings. The minimum atomic E-state index is -0.696. The molecule has 0 aliphatic carbocycles. The molecule has 2 amide bonds. The molecule has 1 aromatic carbocycles. The van der Waals surface area contributed by atoms with Gasteiger partial charge in [-0.3, -0.25) is 14.4 Å². The Labute approximate surface area is 106 Å². The summed E-state index contributed by atoms with van der Waals surface area (Å²) >= 11 is 11.1. The summed E-state index contributed by atoms with van der Waals surface area (Å²) in [5.41, 5.74) is 0.431. The molecule has 1 aromatic rings. The average molecular weight is 270 g/mol. The standard InChI is InChI=1S/C11H5Cl2NO3/c12-8-5-6(1-2-7(8)11(13)17)14-9(15)3-4-10(14)16/h1-5H. The molecule has 1 heterocycles. The molecule has 1 aliphatic rings. The highest BCUT2D eigenvalue weighted by Gasteiger charge is 2.25. The van der Waals surface area contributed by atoms with E-state index in [1.807, 2.05) is 0 Å². The van der Waals surface area contributed by atoms with Crippen molar-refractivity contribution in [3.63, 3.8) is 0 Å². The molecule has 1 aliphatic heterocycles.